The highest BCUT2D eigenvalue weighted by Gasteiger charge is 2.48. The van der Waals surface area contributed by atoms with Crippen LogP contribution in [0.15, 0.2) is 45.1 Å². The van der Waals surface area contributed by atoms with Gasteiger partial charge in [-0.1, -0.05) is 5.57 Å². The molecule has 0 amide bonds. The summed E-state index contributed by atoms with van der Waals surface area (Å²) in [5.74, 6) is 0.746. The van der Waals surface area contributed by atoms with E-state index in [0.29, 0.717) is 18.6 Å². The second-order valence-corrected chi connectivity index (χ2v) is 6.72. The first kappa shape index (κ1) is 15.8. The van der Waals surface area contributed by atoms with E-state index < -0.39 is 0 Å². The quantitative estimate of drug-likeness (QED) is 0.478. The Bertz CT molecular complexity index is 810. The Morgan fingerprint density at radius 3 is 2.61 bits per heavy atom. The standard InChI is InChI=1S/C19H22O4/c1-12(2)9-10-21-15-7-5-13-6-8-17(20)22-18(13)14(15)11-16-19(3,4)23-16/h5-9,16H,10-11H2,1-4H3/t16-/m0/s1. The Morgan fingerprint density at radius 2 is 1.96 bits per heavy atom. The van der Waals surface area contributed by atoms with Gasteiger partial charge in [0.1, 0.15) is 17.9 Å². The predicted molar refractivity (Wildman–Crippen MR) is 90.1 cm³/mol. The van der Waals surface area contributed by atoms with E-state index in [-0.39, 0.29) is 17.3 Å². The largest absolute Gasteiger partial charge is 0.489 e. The lowest BCUT2D eigenvalue weighted by molar-refractivity contribution is 0.320. The van der Waals surface area contributed by atoms with E-state index in [1.54, 1.807) is 6.07 Å². The van der Waals surface area contributed by atoms with Gasteiger partial charge >= 0.3 is 5.63 Å². The van der Waals surface area contributed by atoms with Crippen LogP contribution in [0.1, 0.15) is 33.3 Å². The number of epoxide rings is 1. The fourth-order valence-corrected chi connectivity index (χ4v) is 2.60. The zero-order chi connectivity index (χ0) is 16.6. The van der Waals surface area contributed by atoms with Gasteiger partial charge in [-0.25, -0.2) is 4.79 Å². The summed E-state index contributed by atoms with van der Waals surface area (Å²) in [4.78, 5) is 11.6. The van der Waals surface area contributed by atoms with Crippen LogP contribution in [-0.2, 0) is 11.2 Å². The SMILES string of the molecule is CC(C)=CCOc1ccc2ccc(=O)oc2c1C[C@@H]1OC1(C)C. The van der Waals surface area contributed by atoms with Crippen LogP contribution < -0.4 is 10.4 Å². The number of rotatable bonds is 5. The molecule has 1 aromatic heterocycles. The van der Waals surface area contributed by atoms with E-state index in [9.17, 15) is 4.79 Å². The maximum atomic E-state index is 11.6. The minimum atomic E-state index is -0.351. The van der Waals surface area contributed by atoms with Crippen LogP contribution in [0, 0.1) is 0 Å². The van der Waals surface area contributed by atoms with Gasteiger partial charge in [0.25, 0.3) is 0 Å². The van der Waals surface area contributed by atoms with Crippen LogP contribution in [0.25, 0.3) is 11.0 Å². The highest BCUT2D eigenvalue weighted by molar-refractivity contribution is 5.82. The zero-order valence-electron chi connectivity index (χ0n) is 14.0. The Morgan fingerprint density at radius 1 is 1.26 bits per heavy atom. The number of fused-ring (bicyclic) bond motifs is 1. The molecule has 1 atom stereocenters. The van der Waals surface area contributed by atoms with Crippen molar-refractivity contribution >= 4 is 11.0 Å². The molecule has 0 spiro atoms. The van der Waals surface area contributed by atoms with Crippen LogP contribution in [-0.4, -0.2) is 18.3 Å². The summed E-state index contributed by atoms with van der Waals surface area (Å²) in [6, 6.07) is 7.07. The topological polar surface area (TPSA) is 52.0 Å². The first-order valence-corrected chi connectivity index (χ1v) is 7.86. The Balaban J connectivity index is 2.00. The molecular weight excluding hydrogens is 292 g/mol. The number of hydrogen-bond acceptors (Lipinski definition) is 4. The van der Waals surface area contributed by atoms with Gasteiger partial charge in [0.05, 0.1) is 11.7 Å². The van der Waals surface area contributed by atoms with Crippen LogP contribution in [0.3, 0.4) is 0 Å². The van der Waals surface area contributed by atoms with Crippen LogP contribution in [0.5, 0.6) is 5.75 Å². The lowest BCUT2D eigenvalue weighted by atomic mass is 10.00. The monoisotopic (exact) mass is 314 g/mol. The van der Waals surface area contributed by atoms with Crippen molar-refractivity contribution in [2.24, 2.45) is 0 Å². The van der Waals surface area contributed by atoms with Crippen molar-refractivity contribution in [3.63, 3.8) is 0 Å². The summed E-state index contributed by atoms with van der Waals surface area (Å²) < 4.78 is 17.0. The summed E-state index contributed by atoms with van der Waals surface area (Å²) in [6.45, 7) is 8.67. The normalized spacial score (nSPS) is 18.7. The summed E-state index contributed by atoms with van der Waals surface area (Å²) in [5, 5.41) is 0.896. The summed E-state index contributed by atoms with van der Waals surface area (Å²) in [6.07, 6.45) is 2.80. The molecule has 2 aromatic rings. The van der Waals surface area contributed by atoms with Gasteiger partial charge in [0.2, 0.25) is 0 Å². The number of allylic oxidation sites excluding steroid dienone is 1. The van der Waals surface area contributed by atoms with Gasteiger partial charge in [-0.3, -0.25) is 0 Å². The minimum Gasteiger partial charge on any atom is -0.489 e. The molecule has 4 nitrogen and oxygen atoms in total. The fraction of sp³-hybridized carbons (Fsp3) is 0.421. The highest BCUT2D eigenvalue weighted by Crippen LogP contribution is 2.40. The smallest absolute Gasteiger partial charge is 0.336 e. The van der Waals surface area contributed by atoms with Gasteiger partial charge in [-0.15, -0.1) is 0 Å². The van der Waals surface area contributed by atoms with Gasteiger partial charge in [-0.05, 0) is 52.0 Å². The van der Waals surface area contributed by atoms with Crippen molar-refractivity contribution in [1.29, 1.82) is 0 Å². The van der Waals surface area contributed by atoms with Gasteiger partial charge in [-0.2, -0.15) is 0 Å². The molecule has 0 bridgehead atoms. The third kappa shape index (κ3) is 3.48. The molecule has 1 aliphatic rings. The van der Waals surface area contributed by atoms with Gasteiger partial charge in [0.15, 0.2) is 0 Å². The zero-order valence-corrected chi connectivity index (χ0v) is 14.0. The van der Waals surface area contributed by atoms with E-state index in [1.165, 1.54) is 11.6 Å². The molecule has 23 heavy (non-hydrogen) atoms. The van der Waals surface area contributed by atoms with E-state index in [4.69, 9.17) is 13.9 Å². The molecule has 3 rings (SSSR count). The first-order chi connectivity index (χ1) is 10.9. The van der Waals surface area contributed by atoms with Crippen LogP contribution in [0.2, 0.25) is 0 Å². The van der Waals surface area contributed by atoms with Crippen molar-refractivity contribution < 1.29 is 13.9 Å². The predicted octanol–water partition coefficient (Wildman–Crippen LogP) is 3.86. The van der Waals surface area contributed by atoms with Crippen molar-refractivity contribution in [2.75, 3.05) is 6.61 Å². The fourth-order valence-electron chi connectivity index (χ4n) is 2.60. The summed E-state index contributed by atoms with van der Waals surface area (Å²) >= 11 is 0. The second kappa shape index (κ2) is 5.85. The Hall–Kier alpha value is -2.07. The van der Waals surface area contributed by atoms with Crippen molar-refractivity contribution in [3.8, 4) is 5.75 Å². The number of ether oxygens (including phenoxy) is 2. The van der Waals surface area contributed by atoms with E-state index in [0.717, 1.165) is 16.7 Å². The molecule has 1 aliphatic heterocycles. The minimum absolute atomic E-state index is 0.115. The van der Waals surface area contributed by atoms with Crippen LogP contribution in [0.4, 0.5) is 0 Å². The average Bonchev–Trinajstić information content (AvgIpc) is 3.07. The maximum absolute atomic E-state index is 11.6. The van der Waals surface area contributed by atoms with Crippen molar-refractivity contribution in [1.82, 2.24) is 0 Å². The lowest BCUT2D eigenvalue weighted by Crippen LogP contribution is -2.09. The van der Waals surface area contributed by atoms with E-state index in [1.807, 2.05) is 32.1 Å². The molecule has 0 saturated carbocycles. The first-order valence-electron chi connectivity index (χ1n) is 7.86. The molecule has 0 N–H and O–H groups in total. The molecular formula is C19H22O4. The summed E-state index contributed by atoms with van der Waals surface area (Å²) in [7, 11) is 0. The molecule has 1 saturated heterocycles. The average molecular weight is 314 g/mol. The van der Waals surface area contributed by atoms with Crippen molar-refractivity contribution in [2.45, 2.75) is 45.8 Å². The second-order valence-electron chi connectivity index (χ2n) is 6.72. The number of hydrogen-bond donors (Lipinski definition) is 0. The van der Waals surface area contributed by atoms with E-state index in [2.05, 4.69) is 13.8 Å². The Labute approximate surface area is 135 Å². The molecule has 1 fully saturated rings. The maximum Gasteiger partial charge on any atom is 0.336 e. The van der Waals surface area contributed by atoms with E-state index >= 15 is 0 Å². The van der Waals surface area contributed by atoms with Crippen LogP contribution >= 0.6 is 0 Å². The molecule has 122 valence electrons. The van der Waals surface area contributed by atoms with Gasteiger partial charge in [0, 0.05) is 23.4 Å². The molecule has 0 radical (unpaired) electrons. The lowest BCUT2D eigenvalue weighted by Gasteiger charge is -2.12. The van der Waals surface area contributed by atoms with Crippen molar-refractivity contribution in [3.05, 3.63) is 51.9 Å². The summed E-state index contributed by atoms with van der Waals surface area (Å²) in [5.41, 5.74) is 2.21. The molecule has 1 aromatic carbocycles. The molecule has 0 aliphatic carbocycles. The van der Waals surface area contributed by atoms with Gasteiger partial charge < -0.3 is 13.9 Å². The molecule has 4 heteroatoms. The molecule has 0 unspecified atom stereocenters. The highest BCUT2D eigenvalue weighted by atomic mass is 16.6. The number of benzene rings is 1. The molecule has 2 heterocycles. The third-order valence-electron chi connectivity index (χ3n) is 4.13. The third-order valence-corrected chi connectivity index (χ3v) is 4.13. The Kier molecular flexibility index (Phi) is 4.02.